The van der Waals surface area contributed by atoms with Crippen LogP contribution in [0.1, 0.15) is 47.7 Å². The van der Waals surface area contributed by atoms with Gasteiger partial charge in [0, 0.05) is 19.3 Å². The van der Waals surface area contributed by atoms with Crippen LogP contribution in [0.3, 0.4) is 0 Å². The summed E-state index contributed by atoms with van der Waals surface area (Å²) in [6.07, 6.45) is 4.48. The highest BCUT2D eigenvalue weighted by molar-refractivity contribution is 5.96. The molecule has 4 aromatic rings. The molecular weight excluding hydrogens is 446 g/mol. The van der Waals surface area contributed by atoms with Gasteiger partial charge in [-0.1, -0.05) is 31.9 Å². The van der Waals surface area contributed by atoms with E-state index in [0.29, 0.717) is 34.7 Å². The lowest BCUT2D eigenvalue weighted by atomic mass is 10.1. The van der Waals surface area contributed by atoms with Gasteiger partial charge in [-0.25, -0.2) is 4.98 Å². The van der Waals surface area contributed by atoms with Gasteiger partial charge in [0.15, 0.2) is 11.5 Å². The van der Waals surface area contributed by atoms with E-state index in [1.165, 1.54) is 10.5 Å². The van der Waals surface area contributed by atoms with E-state index >= 15 is 0 Å². The Kier molecular flexibility index (Phi) is 5.98. The predicted octanol–water partition coefficient (Wildman–Crippen LogP) is 3.29. The molecule has 9 heteroatoms. The van der Waals surface area contributed by atoms with Gasteiger partial charge in [0.25, 0.3) is 11.5 Å². The molecule has 3 aromatic heterocycles. The zero-order valence-corrected chi connectivity index (χ0v) is 19.8. The van der Waals surface area contributed by atoms with Gasteiger partial charge >= 0.3 is 0 Å². The number of benzene rings is 1. The fourth-order valence-electron chi connectivity index (χ4n) is 4.34. The van der Waals surface area contributed by atoms with E-state index in [9.17, 15) is 9.59 Å². The standard InChI is InChI=1S/C26H27N5O4/c1-3-4-5-10-30-22(27)18(25(32)28-14-17-8-9-20-21(12-17)35-15-34-20)13-19-24(30)29-23-16(2)7-6-11-31(23)26(19)33/h6-9,11-13,27H,3-5,10,14-15H2,1-2H3,(H,28,32). The van der Waals surface area contributed by atoms with E-state index in [2.05, 4.69) is 12.2 Å². The van der Waals surface area contributed by atoms with E-state index in [1.54, 1.807) is 22.9 Å². The Balaban J connectivity index is 1.56. The third-order valence-corrected chi connectivity index (χ3v) is 6.25. The number of hydrogen-bond acceptors (Lipinski definition) is 6. The maximum Gasteiger partial charge on any atom is 0.267 e. The highest BCUT2D eigenvalue weighted by Crippen LogP contribution is 2.32. The lowest BCUT2D eigenvalue weighted by molar-refractivity contribution is 0.0948. The highest BCUT2D eigenvalue weighted by Gasteiger charge is 2.19. The first-order chi connectivity index (χ1) is 17.0. The zero-order chi connectivity index (χ0) is 24.5. The number of nitrogens with zero attached hydrogens (tertiary/aromatic N) is 3. The SMILES string of the molecule is CCCCCn1c(=N)c(C(=O)NCc2ccc3c(c2)OCO3)cc2c(=O)n3cccc(C)c3nc21. The van der Waals surface area contributed by atoms with Crippen molar-refractivity contribution in [2.24, 2.45) is 0 Å². The second-order valence-electron chi connectivity index (χ2n) is 8.67. The van der Waals surface area contributed by atoms with Gasteiger partial charge in [0.05, 0.1) is 10.9 Å². The second kappa shape index (κ2) is 9.25. The Labute approximate surface area is 201 Å². The molecule has 0 fully saturated rings. The van der Waals surface area contributed by atoms with Crippen LogP contribution < -0.4 is 25.8 Å². The highest BCUT2D eigenvalue weighted by atomic mass is 16.7. The number of nitrogens with one attached hydrogen (secondary N) is 2. The Morgan fingerprint density at radius 2 is 1.97 bits per heavy atom. The maximum absolute atomic E-state index is 13.4. The molecule has 4 heterocycles. The molecule has 180 valence electrons. The van der Waals surface area contributed by atoms with Crippen molar-refractivity contribution in [1.82, 2.24) is 19.3 Å². The quantitative estimate of drug-likeness (QED) is 0.316. The third kappa shape index (κ3) is 4.14. The van der Waals surface area contributed by atoms with Crippen LogP contribution >= 0.6 is 0 Å². The van der Waals surface area contributed by atoms with Crippen LogP contribution in [0, 0.1) is 12.3 Å². The monoisotopic (exact) mass is 473 g/mol. The number of amides is 1. The molecule has 0 radical (unpaired) electrons. The molecule has 5 rings (SSSR count). The molecule has 9 nitrogen and oxygen atoms in total. The van der Waals surface area contributed by atoms with Gasteiger partial charge in [-0.2, -0.15) is 0 Å². The molecular formula is C26H27N5O4. The first-order valence-corrected chi connectivity index (χ1v) is 11.7. The lowest BCUT2D eigenvalue weighted by Gasteiger charge is -2.15. The molecule has 1 amide bonds. The number of aromatic nitrogens is 3. The number of carbonyl (C=O) groups is 1. The van der Waals surface area contributed by atoms with Crippen LogP contribution in [0.4, 0.5) is 0 Å². The number of ether oxygens (including phenoxy) is 2. The van der Waals surface area contributed by atoms with E-state index in [4.69, 9.17) is 19.9 Å². The number of aryl methyl sites for hydroxylation is 2. The minimum Gasteiger partial charge on any atom is -0.454 e. The molecule has 2 N–H and O–H groups in total. The summed E-state index contributed by atoms with van der Waals surface area (Å²) in [4.78, 5) is 31.3. The van der Waals surface area contributed by atoms with E-state index in [-0.39, 0.29) is 29.9 Å². The Morgan fingerprint density at radius 1 is 1.14 bits per heavy atom. The lowest BCUT2D eigenvalue weighted by Crippen LogP contribution is -2.35. The number of hydrogen-bond donors (Lipinski definition) is 2. The van der Waals surface area contributed by atoms with Crippen molar-refractivity contribution in [2.75, 3.05) is 6.79 Å². The Morgan fingerprint density at radius 3 is 2.80 bits per heavy atom. The zero-order valence-electron chi connectivity index (χ0n) is 19.8. The summed E-state index contributed by atoms with van der Waals surface area (Å²) >= 11 is 0. The number of rotatable bonds is 7. The van der Waals surface area contributed by atoms with E-state index in [1.807, 2.05) is 25.1 Å². The summed E-state index contributed by atoms with van der Waals surface area (Å²) in [6.45, 7) is 4.93. The largest absolute Gasteiger partial charge is 0.454 e. The van der Waals surface area contributed by atoms with Crippen LogP contribution in [0.25, 0.3) is 16.7 Å². The van der Waals surface area contributed by atoms with Crippen molar-refractivity contribution >= 4 is 22.6 Å². The molecule has 0 saturated heterocycles. The molecule has 0 bridgehead atoms. The van der Waals surface area contributed by atoms with Crippen LogP contribution in [0.15, 0.2) is 47.4 Å². The minimum absolute atomic E-state index is 0.0432. The maximum atomic E-state index is 13.4. The van der Waals surface area contributed by atoms with Gasteiger partial charge in [0.2, 0.25) is 6.79 Å². The van der Waals surface area contributed by atoms with Crippen molar-refractivity contribution in [2.45, 2.75) is 46.2 Å². The summed E-state index contributed by atoms with van der Waals surface area (Å²) < 4.78 is 13.9. The first kappa shape index (κ1) is 22.6. The average Bonchev–Trinajstić information content (AvgIpc) is 3.33. The fourth-order valence-corrected chi connectivity index (χ4v) is 4.34. The summed E-state index contributed by atoms with van der Waals surface area (Å²) in [6, 6.07) is 10.7. The number of carbonyl (C=O) groups excluding carboxylic acids is 1. The van der Waals surface area contributed by atoms with Gasteiger partial charge in [-0.15, -0.1) is 0 Å². The second-order valence-corrected chi connectivity index (χ2v) is 8.67. The molecule has 1 aliphatic rings. The van der Waals surface area contributed by atoms with Crippen LogP contribution in [0.2, 0.25) is 0 Å². The minimum atomic E-state index is -0.424. The first-order valence-electron chi connectivity index (χ1n) is 11.7. The smallest absolute Gasteiger partial charge is 0.267 e. The van der Waals surface area contributed by atoms with Crippen molar-refractivity contribution in [3.8, 4) is 11.5 Å². The normalized spacial score (nSPS) is 12.4. The number of pyridine rings is 2. The fraction of sp³-hybridized carbons (Fsp3) is 0.308. The molecule has 0 spiro atoms. The van der Waals surface area contributed by atoms with Gasteiger partial charge < -0.3 is 19.4 Å². The number of unbranched alkanes of at least 4 members (excludes halogenated alkanes) is 2. The van der Waals surface area contributed by atoms with Crippen molar-refractivity contribution < 1.29 is 14.3 Å². The van der Waals surface area contributed by atoms with Gasteiger partial charge in [0.1, 0.15) is 16.8 Å². The molecule has 0 saturated carbocycles. The predicted molar refractivity (Wildman–Crippen MR) is 131 cm³/mol. The van der Waals surface area contributed by atoms with Gasteiger partial charge in [-0.3, -0.25) is 19.4 Å². The van der Waals surface area contributed by atoms with Crippen LogP contribution in [0.5, 0.6) is 11.5 Å². The summed E-state index contributed by atoms with van der Waals surface area (Å²) in [5.41, 5.74) is 2.61. The van der Waals surface area contributed by atoms with Crippen LogP contribution in [-0.4, -0.2) is 26.7 Å². The molecule has 35 heavy (non-hydrogen) atoms. The van der Waals surface area contributed by atoms with Gasteiger partial charge in [-0.05, 0) is 48.7 Å². The molecule has 0 atom stereocenters. The van der Waals surface area contributed by atoms with E-state index < -0.39 is 5.91 Å². The summed E-state index contributed by atoms with van der Waals surface area (Å²) in [5.74, 6) is 0.887. The topological polar surface area (TPSA) is 111 Å². The number of fused-ring (bicyclic) bond motifs is 3. The summed E-state index contributed by atoms with van der Waals surface area (Å²) in [5, 5.41) is 12.0. The third-order valence-electron chi connectivity index (χ3n) is 6.25. The van der Waals surface area contributed by atoms with Crippen molar-refractivity contribution in [1.29, 1.82) is 5.41 Å². The summed E-state index contributed by atoms with van der Waals surface area (Å²) in [7, 11) is 0. The van der Waals surface area contributed by atoms with E-state index in [0.717, 1.165) is 30.4 Å². The van der Waals surface area contributed by atoms with Crippen molar-refractivity contribution in [3.63, 3.8) is 0 Å². The molecule has 1 aromatic carbocycles. The Bertz CT molecular complexity index is 1570. The van der Waals surface area contributed by atoms with Crippen LogP contribution in [-0.2, 0) is 13.1 Å². The molecule has 1 aliphatic heterocycles. The Hall–Kier alpha value is -4.14. The molecule has 0 unspecified atom stereocenters. The van der Waals surface area contributed by atoms with Crippen molar-refractivity contribution in [3.05, 3.63) is 75.1 Å². The average molecular weight is 474 g/mol. The molecule has 0 aliphatic carbocycles.